The Hall–Kier alpha value is -1.36. The monoisotopic (exact) mass is 183 g/mol. The van der Waals surface area contributed by atoms with Gasteiger partial charge in [-0.1, -0.05) is 0 Å². The van der Waals surface area contributed by atoms with E-state index >= 15 is 0 Å². The first-order chi connectivity index (χ1) is 6.02. The van der Waals surface area contributed by atoms with E-state index in [1.807, 2.05) is 13.8 Å². The fraction of sp³-hybridized carbons (Fsp3) is 0.500. The first-order valence-electron chi connectivity index (χ1n) is 4.05. The average molecular weight is 183 g/mol. The van der Waals surface area contributed by atoms with Gasteiger partial charge in [0.25, 0.3) is 0 Å². The maximum absolute atomic E-state index is 10.5. The number of carbonyl (C=O) groups is 1. The lowest BCUT2D eigenvalue weighted by Gasteiger charge is -2.04. The number of nitrogens with zero attached hydrogens (tertiary/aromatic N) is 2. The smallest absolute Gasteiger partial charge is 0.325 e. The van der Waals surface area contributed by atoms with Gasteiger partial charge in [0.15, 0.2) is 0 Å². The van der Waals surface area contributed by atoms with Gasteiger partial charge >= 0.3 is 5.97 Å². The molecule has 0 aliphatic carbocycles. The van der Waals surface area contributed by atoms with Crippen LogP contribution in [-0.2, 0) is 4.79 Å². The highest BCUT2D eigenvalue weighted by Gasteiger charge is 2.16. The Kier molecular flexibility index (Phi) is 2.67. The van der Waals surface area contributed by atoms with Crippen LogP contribution in [0.5, 0.6) is 0 Å². The molecule has 5 heteroatoms. The summed E-state index contributed by atoms with van der Waals surface area (Å²) in [6.07, 6.45) is 3.14. The number of rotatable bonds is 3. The molecule has 0 aliphatic rings. The Balaban J connectivity index is 2.85. The number of hydrogen-bond acceptors (Lipinski definition) is 3. The maximum atomic E-state index is 10.5. The topological polar surface area (TPSA) is 81.1 Å². The normalized spacial score (nSPS) is 13.2. The molecule has 0 bridgehead atoms. The highest BCUT2D eigenvalue weighted by Crippen LogP contribution is 2.11. The van der Waals surface area contributed by atoms with E-state index in [2.05, 4.69) is 5.10 Å². The molecule has 0 radical (unpaired) electrons. The van der Waals surface area contributed by atoms with Crippen molar-refractivity contribution in [3.63, 3.8) is 0 Å². The van der Waals surface area contributed by atoms with Crippen LogP contribution in [-0.4, -0.2) is 20.9 Å². The van der Waals surface area contributed by atoms with Crippen LogP contribution in [0.25, 0.3) is 0 Å². The zero-order valence-corrected chi connectivity index (χ0v) is 7.64. The molecule has 1 aromatic heterocycles. The van der Waals surface area contributed by atoms with Crippen molar-refractivity contribution >= 4 is 5.97 Å². The van der Waals surface area contributed by atoms with Crippen molar-refractivity contribution in [1.29, 1.82) is 0 Å². The fourth-order valence-electron chi connectivity index (χ4n) is 0.938. The van der Waals surface area contributed by atoms with Gasteiger partial charge in [0.2, 0.25) is 0 Å². The summed E-state index contributed by atoms with van der Waals surface area (Å²) in [5.41, 5.74) is 5.93. The lowest BCUT2D eigenvalue weighted by Crippen LogP contribution is -2.20. The molecule has 1 unspecified atom stereocenters. The molecule has 13 heavy (non-hydrogen) atoms. The molecule has 0 saturated heterocycles. The zero-order valence-electron chi connectivity index (χ0n) is 7.64. The summed E-state index contributed by atoms with van der Waals surface area (Å²) >= 11 is 0. The molecule has 0 fully saturated rings. The van der Waals surface area contributed by atoms with Crippen molar-refractivity contribution < 1.29 is 9.90 Å². The molecular weight excluding hydrogens is 170 g/mol. The molecule has 72 valence electrons. The summed E-state index contributed by atoms with van der Waals surface area (Å²) in [6, 6.07) is -0.762. The van der Waals surface area contributed by atoms with E-state index in [1.54, 1.807) is 10.9 Å². The van der Waals surface area contributed by atoms with Crippen molar-refractivity contribution in [2.75, 3.05) is 0 Å². The Bertz CT molecular complexity index is 306. The Morgan fingerprint density at radius 2 is 2.31 bits per heavy atom. The van der Waals surface area contributed by atoms with Gasteiger partial charge < -0.3 is 10.8 Å². The highest BCUT2D eigenvalue weighted by molar-refractivity contribution is 5.74. The van der Waals surface area contributed by atoms with Crippen LogP contribution in [0.1, 0.15) is 31.5 Å². The third-order valence-electron chi connectivity index (χ3n) is 1.78. The predicted octanol–water partition coefficient (Wildman–Crippen LogP) is 0.548. The van der Waals surface area contributed by atoms with E-state index < -0.39 is 12.0 Å². The van der Waals surface area contributed by atoms with Crippen molar-refractivity contribution in [2.24, 2.45) is 5.73 Å². The van der Waals surface area contributed by atoms with Gasteiger partial charge in [-0.3, -0.25) is 9.48 Å². The molecule has 0 saturated carbocycles. The number of aliphatic carboxylic acids is 1. The minimum Gasteiger partial charge on any atom is -0.480 e. The van der Waals surface area contributed by atoms with Crippen LogP contribution in [0.4, 0.5) is 0 Å². The van der Waals surface area contributed by atoms with Crippen molar-refractivity contribution in [1.82, 2.24) is 9.78 Å². The summed E-state index contributed by atoms with van der Waals surface area (Å²) in [5.74, 6) is -1.04. The first kappa shape index (κ1) is 9.73. The average Bonchev–Trinajstić information content (AvgIpc) is 2.50. The van der Waals surface area contributed by atoms with E-state index in [9.17, 15) is 4.79 Å². The summed E-state index contributed by atoms with van der Waals surface area (Å²) in [5, 5.41) is 12.6. The van der Waals surface area contributed by atoms with E-state index in [4.69, 9.17) is 10.8 Å². The second-order valence-corrected chi connectivity index (χ2v) is 3.16. The lowest BCUT2D eigenvalue weighted by atomic mass is 10.2. The number of carboxylic acids is 1. The SMILES string of the molecule is CC(C)n1cc(C(N)C(=O)O)cn1. The largest absolute Gasteiger partial charge is 0.480 e. The third-order valence-corrected chi connectivity index (χ3v) is 1.78. The van der Waals surface area contributed by atoms with Gasteiger partial charge in [-0.15, -0.1) is 0 Å². The van der Waals surface area contributed by atoms with E-state index in [-0.39, 0.29) is 6.04 Å². The number of hydrogen-bond donors (Lipinski definition) is 2. The van der Waals surface area contributed by atoms with E-state index in [0.29, 0.717) is 5.56 Å². The summed E-state index contributed by atoms with van der Waals surface area (Å²) in [6.45, 7) is 3.92. The van der Waals surface area contributed by atoms with E-state index in [1.165, 1.54) is 6.20 Å². The van der Waals surface area contributed by atoms with Crippen LogP contribution in [0, 0.1) is 0 Å². The molecule has 0 amide bonds. The Morgan fingerprint density at radius 3 is 2.69 bits per heavy atom. The van der Waals surface area contributed by atoms with Gasteiger partial charge in [-0.25, -0.2) is 0 Å². The molecule has 0 spiro atoms. The van der Waals surface area contributed by atoms with Gasteiger partial charge in [0.05, 0.1) is 6.20 Å². The van der Waals surface area contributed by atoms with Gasteiger partial charge in [0.1, 0.15) is 6.04 Å². The molecule has 1 rings (SSSR count). The molecular formula is C8H13N3O2. The van der Waals surface area contributed by atoms with E-state index in [0.717, 1.165) is 0 Å². The van der Waals surface area contributed by atoms with Gasteiger partial charge in [-0.2, -0.15) is 5.10 Å². The fourth-order valence-corrected chi connectivity index (χ4v) is 0.938. The van der Waals surface area contributed by atoms with Crippen LogP contribution in [0.2, 0.25) is 0 Å². The summed E-state index contributed by atoms with van der Waals surface area (Å²) in [4.78, 5) is 10.5. The Morgan fingerprint density at radius 1 is 1.69 bits per heavy atom. The third kappa shape index (κ3) is 2.06. The van der Waals surface area contributed by atoms with Crippen LogP contribution in [0.3, 0.4) is 0 Å². The minimum atomic E-state index is -1.04. The second-order valence-electron chi connectivity index (χ2n) is 3.16. The first-order valence-corrected chi connectivity index (χ1v) is 4.05. The summed E-state index contributed by atoms with van der Waals surface area (Å²) < 4.78 is 1.68. The number of nitrogens with two attached hydrogens (primary N) is 1. The van der Waals surface area contributed by atoms with Crippen LogP contribution >= 0.6 is 0 Å². The standard InChI is InChI=1S/C8H13N3O2/c1-5(2)11-4-6(3-10-11)7(9)8(12)13/h3-5,7H,9H2,1-2H3,(H,12,13). The molecule has 5 nitrogen and oxygen atoms in total. The second kappa shape index (κ2) is 3.57. The highest BCUT2D eigenvalue weighted by atomic mass is 16.4. The van der Waals surface area contributed by atoms with Crippen molar-refractivity contribution in [2.45, 2.75) is 25.9 Å². The lowest BCUT2D eigenvalue weighted by molar-refractivity contribution is -0.138. The van der Waals surface area contributed by atoms with Gasteiger partial charge in [0, 0.05) is 17.8 Å². The van der Waals surface area contributed by atoms with Crippen molar-refractivity contribution in [3.8, 4) is 0 Å². The Labute approximate surface area is 76.2 Å². The molecule has 1 heterocycles. The van der Waals surface area contributed by atoms with Gasteiger partial charge in [-0.05, 0) is 13.8 Å². The predicted molar refractivity (Wildman–Crippen MR) is 47.2 cm³/mol. The molecule has 3 N–H and O–H groups in total. The van der Waals surface area contributed by atoms with Crippen LogP contribution in [0.15, 0.2) is 12.4 Å². The molecule has 0 aromatic carbocycles. The maximum Gasteiger partial charge on any atom is 0.325 e. The molecule has 0 aliphatic heterocycles. The molecule has 1 aromatic rings. The van der Waals surface area contributed by atoms with Crippen molar-refractivity contribution in [3.05, 3.63) is 18.0 Å². The quantitative estimate of drug-likeness (QED) is 0.717. The summed E-state index contributed by atoms with van der Waals surface area (Å²) in [7, 11) is 0. The number of aromatic nitrogens is 2. The number of carboxylic acid groups (broad SMARTS) is 1. The minimum absolute atomic E-state index is 0.217. The van der Waals surface area contributed by atoms with Crippen LogP contribution < -0.4 is 5.73 Å². The molecule has 1 atom stereocenters. The zero-order chi connectivity index (χ0) is 10.0.